The van der Waals surface area contributed by atoms with Crippen molar-refractivity contribution >= 4 is 52.9 Å². The lowest BCUT2D eigenvalue weighted by Crippen LogP contribution is -2.56. The standard InChI is InChI=1S/C29H39N7O2S2/c37-28-30-15-7-1-2-8-16-31-29(38)35-24-10-4-6-12-26(24)40-20-22-14-18-36-17-13-21(32-27(36)33-22)19-39-25-11-5-3-9-23(25)34-28/h3-6,9-12,21-22H,1-2,7-8,13-20H2,(H,32,33)(H2,30,34,37)(H2,31,35,38)/t21-,22-/m1/s1. The molecule has 4 amide bonds. The number of carbonyl (C=O) groups is 2. The molecule has 0 spiro atoms. The quantitative estimate of drug-likeness (QED) is 0.293. The second kappa shape index (κ2) is 14.5. The van der Waals surface area contributed by atoms with Crippen molar-refractivity contribution in [1.29, 1.82) is 0 Å². The zero-order chi connectivity index (χ0) is 27.6. The Bertz CT molecular complexity index is 1190. The third-order valence-corrected chi connectivity index (χ3v) is 9.69. The highest BCUT2D eigenvalue weighted by Gasteiger charge is 2.28. The first-order chi connectivity index (χ1) is 19.6. The number of fused-ring (bicyclic) bond motifs is 4. The lowest BCUT2D eigenvalue weighted by molar-refractivity contribution is 0.250. The van der Waals surface area contributed by atoms with Crippen molar-refractivity contribution in [3.63, 3.8) is 0 Å². The smallest absolute Gasteiger partial charge is 0.319 e. The molecule has 1 fully saturated rings. The second-order valence-corrected chi connectivity index (χ2v) is 12.4. The van der Waals surface area contributed by atoms with Gasteiger partial charge in [0.15, 0.2) is 5.96 Å². The molecule has 9 nitrogen and oxygen atoms in total. The first-order valence-corrected chi connectivity index (χ1v) is 16.2. The Morgan fingerprint density at radius 3 is 1.95 bits per heavy atom. The molecule has 3 heterocycles. The van der Waals surface area contributed by atoms with Crippen LogP contribution in [0.3, 0.4) is 0 Å². The monoisotopic (exact) mass is 581 g/mol. The van der Waals surface area contributed by atoms with Gasteiger partial charge in [0.05, 0.1) is 17.4 Å². The molecule has 0 unspecified atom stereocenters. The average molecular weight is 582 g/mol. The van der Waals surface area contributed by atoms with E-state index in [9.17, 15) is 9.59 Å². The Balaban J connectivity index is 1.27. The molecule has 11 heteroatoms. The first-order valence-electron chi connectivity index (χ1n) is 14.3. The van der Waals surface area contributed by atoms with Crippen LogP contribution in [0.4, 0.5) is 21.0 Å². The maximum atomic E-state index is 12.5. The van der Waals surface area contributed by atoms with E-state index in [1.807, 2.05) is 36.4 Å². The number of benzene rings is 2. The number of anilines is 2. The predicted molar refractivity (Wildman–Crippen MR) is 166 cm³/mol. The highest BCUT2D eigenvalue weighted by molar-refractivity contribution is 7.99. The van der Waals surface area contributed by atoms with Crippen molar-refractivity contribution < 1.29 is 9.59 Å². The molecule has 2 atom stereocenters. The zero-order valence-corrected chi connectivity index (χ0v) is 24.4. The maximum absolute atomic E-state index is 12.5. The van der Waals surface area contributed by atoms with E-state index in [0.717, 1.165) is 90.2 Å². The Kier molecular flexibility index (Phi) is 10.4. The van der Waals surface area contributed by atoms with Crippen LogP contribution >= 0.6 is 23.5 Å². The van der Waals surface area contributed by atoms with Crippen LogP contribution in [0.25, 0.3) is 0 Å². The lowest BCUT2D eigenvalue weighted by Gasteiger charge is -2.39. The van der Waals surface area contributed by atoms with E-state index < -0.39 is 0 Å². The summed E-state index contributed by atoms with van der Waals surface area (Å²) in [5.41, 5.74) is 1.67. The van der Waals surface area contributed by atoms with Gasteiger partial charge >= 0.3 is 12.1 Å². The number of guanidine groups is 1. The molecule has 0 saturated carbocycles. The van der Waals surface area contributed by atoms with E-state index in [0.29, 0.717) is 19.1 Å². The van der Waals surface area contributed by atoms with Gasteiger partial charge in [-0.25, -0.2) is 14.6 Å². The molecule has 1 saturated heterocycles. The third kappa shape index (κ3) is 8.23. The Morgan fingerprint density at radius 1 is 0.725 bits per heavy atom. The van der Waals surface area contributed by atoms with Crippen molar-refractivity contribution in [2.24, 2.45) is 4.99 Å². The van der Waals surface area contributed by atoms with Crippen LogP contribution in [0.1, 0.15) is 38.5 Å². The van der Waals surface area contributed by atoms with Crippen molar-refractivity contribution in [3.8, 4) is 0 Å². The summed E-state index contributed by atoms with van der Waals surface area (Å²) in [4.78, 5) is 34.6. The van der Waals surface area contributed by atoms with Crippen LogP contribution in [-0.2, 0) is 0 Å². The molecule has 2 aromatic carbocycles. The van der Waals surface area contributed by atoms with Crippen molar-refractivity contribution in [2.75, 3.05) is 48.3 Å². The SMILES string of the molecule is O=C1NCCCCCCNC(=O)Nc2ccccc2SC[C@H]2CCN3CC[C@H](CSc4ccccc4N1)N=C3N2. The molecule has 3 bridgehead atoms. The number of thioether (sulfide) groups is 2. The highest BCUT2D eigenvalue weighted by Crippen LogP contribution is 2.31. The van der Waals surface area contributed by atoms with Crippen molar-refractivity contribution in [3.05, 3.63) is 48.5 Å². The molecular weight excluding hydrogens is 543 g/mol. The molecule has 0 radical (unpaired) electrons. The Labute approximate surface area is 245 Å². The van der Waals surface area contributed by atoms with Crippen LogP contribution in [0, 0.1) is 0 Å². The van der Waals surface area contributed by atoms with Crippen LogP contribution in [0.2, 0.25) is 0 Å². The number of nitrogens with zero attached hydrogens (tertiary/aromatic N) is 2. The summed E-state index contributed by atoms with van der Waals surface area (Å²) in [5.74, 6) is 2.75. The third-order valence-electron chi connectivity index (χ3n) is 7.23. The molecule has 40 heavy (non-hydrogen) atoms. The highest BCUT2D eigenvalue weighted by atomic mass is 32.2. The fraction of sp³-hybridized carbons (Fsp3) is 0.483. The van der Waals surface area contributed by atoms with E-state index in [1.165, 1.54) is 0 Å². The molecule has 5 N–H and O–H groups in total. The summed E-state index contributed by atoms with van der Waals surface area (Å²) in [7, 11) is 0. The summed E-state index contributed by atoms with van der Waals surface area (Å²) in [5, 5.41) is 15.7. The average Bonchev–Trinajstić information content (AvgIpc) is 2.97. The predicted octanol–water partition coefficient (Wildman–Crippen LogP) is 5.18. The van der Waals surface area contributed by atoms with E-state index in [2.05, 4.69) is 43.6 Å². The fourth-order valence-corrected chi connectivity index (χ4v) is 7.14. The van der Waals surface area contributed by atoms with E-state index >= 15 is 0 Å². The number of nitrogens with one attached hydrogen (secondary N) is 5. The maximum Gasteiger partial charge on any atom is 0.319 e. The van der Waals surface area contributed by atoms with Gasteiger partial charge in [-0.1, -0.05) is 37.1 Å². The number of urea groups is 2. The van der Waals surface area contributed by atoms with Crippen LogP contribution in [0.15, 0.2) is 63.3 Å². The van der Waals surface area contributed by atoms with E-state index in [4.69, 9.17) is 4.99 Å². The molecule has 2 aromatic rings. The summed E-state index contributed by atoms with van der Waals surface area (Å²) >= 11 is 3.52. The van der Waals surface area contributed by atoms with Gasteiger partial charge in [-0.05, 0) is 49.9 Å². The van der Waals surface area contributed by atoms with Crippen LogP contribution < -0.4 is 26.6 Å². The van der Waals surface area contributed by atoms with Crippen molar-refractivity contribution in [1.82, 2.24) is 20.9 Å². The number of rotatable bonds is 0. The molecule has 3 aliphatic heterocycles. The van der Waals surface area contributed by atoms with Gasteiger partial charge < -0.3 is 31.5 Å². The van der Waals surface area contributed by atoms with Gasteiger partial charge in [-0.3, -0.25) is 0 Å². The molecule has 0 aliphatic carbocycles. The topological polar surface area (TPSA) is 110 Å². The Hall–Kier alpha value is -3.05. The fourth-order valence-electron chi connectivity index (χ4n) is 5.00. The summed E-state index contributed by atoms with van der Waals surface area (Å²) in [6, 6.07) is 16.1. The minimum Gasteiger partial charge on any atom is -0.353 e. The number of aliphatic imine (C=N–C) groups is 1. The minimum atomic E-state index is -0.180. The Morgan fingerprint density at radius 2 is 1.30 bits per heavy atom. The molecule has 214 valence electrons. The molecular formula is C29H39N7O2S2. The van der Waals surface area contributed by atoms with Gasteiger partial charge in [0.1, 0.15) is 0 Å². The number of amides is 4. The number of hydrogen-bond donors (Lipinski definition) is 5. The van der Waals surface area contributed by atoms with Crippen LogP contribution in [-0.4, -0.2) is 72.7 Å². The normalized spacial score (nSPS) is 23.3. The lowest BCUT2D eigenvalue weighted by atomic mass is 10.1. The molecule has 3 aliphatic rings. The molecule has 5 rings (SSSR count). The minimum absolute atomic E-state index is 0.177. The van der Waals surface area contributed by atoms with E-state index in [1.54, 1.807) is 23.5 Å². The summed E-state index contributed by atoms with van der Waals surface area (Å²) in [6.45, 7) is 3.24. The van der Waals surface area contributed by atoms with Gasteiger partial charge in [-0.15, -0.1) is 23.5 Å². The number of hydrogen-bond acceptors (Lipinski definition) is 7. The first kappa shape index (κ1) is 28.5. The number of para-hydroxylation sites is 2. The van der Waals surface area contributed by atoms with Gasteiger partial charge in [-0.2, -0.15) is 0 Å². The molecule has 0 aromatic heterocycles. The van der Waals surface area contributed by atoms with Gasteiger partial charge in [0, 0.05) is 53.5 Å². The summed E-state index contributed by atoms with van der Waals surface area (Å²) in [6.07, 6.45) is 5.86. The van der Waals surface area contributed by atoms with Crippen LogP contribution in [0.5, 0.6) is 0 Å². The second-order valence-electron chi connectivity index (χ2n) is 10.3. The van der Waals surface area contributed by atoms with Gasteiger partial charge in [0.25, 0.3) is 0 Å². The zero-order valence-electron chi connectivity index (χ0n) is 22.8. The van der Waals surface area contributed by atoms with Crippen molar-refractivity contribution in [2.45, 2.75) is 60.4 Å². The number of carbonyl (C=O) groups excluding carboxylic acids is 2. The largest absolute Gasteiger partial charge is 0.353 e. The van der Waals surface area contributed by atoms with E-state index in [-0.39, 0.29) is 18.1 Å². The summed E-state index contributed by atoms with van der Waals surface area (Å²) < 4.78 is 0. The van der Waals surface area contributed by atoms with Gasteiger partial charge in [0.2, 0.25) is 0 Å².